The van der Waals surface area contributed by atoms with Crippen LogP contribution in [0.5, 0.6) is 5.75 Å². The fourth-order valence-electron chi connectivity index (χ4n) is 3.20. The van der Waals surface area contributed by atoms with Crippen LogP contribution in [-0.2, 0) is 4.74 Å². The minimum atomic E-state index is 0. The average molecular weight is 478 g/mol. The van der Waals surface area contributed by atoms with E-state index in [1.54, 1.807) is 7.11 Å². The Bertz CT molecular complexity index is 558. The number of halogens is 1. The summed E-state index contributed by atoms with van der Waals surface area (Å²) in [5, 5.41) is 3.16. The molecule has 8 heteroatoms. The lowest BCUT2D eigenvalue weighted by atomic mass is 9.96. The number of hydrogen-bond donors (Lipinski definition) is 2. The van der Waals surface area contributed by atoms with E-state index in [1.165, 1.54) is 5.75 Å². The maximum absolute atomic E-state index is 6.10. The van der Waals surface area contributed by atoms with E-state index in [0.717, 1.165) is 56.5 Å². The van der Waals surface area contributed by atoms with Gasteiger partial charge in [0.25, 0.3) is 0 Å². The van der Waals surface area contributed by atoms with Crippen molar-refractivity contribution in [2.24, 2.45) is 10.7 Å². The van der Waals surface area contributed by atoms with Crippen LogP contribution in [0, 0.1) is 0 Å². The molecule has 1 aromatic carbocycles. The van der Waals surface area contributed by atoms with Crippen molar-refractivity contribution in [3.63, 3.8) is 0 Å². The van der Waals surface area contributed by atoms with E-state index in [1.807, 2.05) is 36.0 Å². The van der Waals surface area contributed by atoms with Crippen LogP contribution >= 0.6 is 35.7 Å². The first-order valence-corrected chi connectivity index (χ1v) is 9.49. The highest BCUT2D eigenvalue weighted by atomic mass is 127. The van der Waals surface area contributed by atoms with Gasteiger partial charge in [-0.2, -0.15) is 11.8 Å². The highest BCUT2D eigenvalue weighted by Crippen LogP contribution is 2.34. The summed E-state index contributed by atoms with van der Waals surface area (Å²) in [4.78, 5) is 7.19. The van der Waals surface area contributed by atoms with Gasteiger partial charge in [0.1, 0.15) is 5.75 Å². The highest BCUT2D eigenvalue weighted by Gasteiger charge is 2.40. The number of ether oxygens (including phenoxy) is 2. The summed E-state index contributed by atoms with van der Waals surface area (Å²) in [5.74, 6) is 3.60. The zero-order valence-electron chi connectivity index (χ0n) is 14.6. The fraction of sp³-hybridized carbons (Fsp3) is 0.588. The van der Waals surface area contributed by atoms with E-state index in [2.05, 4.69) is 15.2 Å². The van der Waals surface area contributed by atoms with Crippen molar-refractivity contribution < 1.29 is 9.47 Å². The Balaban J connectivity index is 0.00000225. The van der Waals surface area contributed by atoms with Gasteiger partial charge < -0.3 is 20.5 Å². The summed E-state index contributed by atoms with van der Waals surface area (Å²) in [7, 11) is 1.66. The molecule has 25 heavy (non-hydrogen) atoms. The van der Waals surface area contributed by atoms with Crippen molar-refractivity contribution >= 4 is 47.4 Å². The lowest BCUT2D eigenvalue weighted by molar-refractivity contribution is -0.0104. The third kappa shape index (κ3) is 5.38. The smallest absolute Gasteiger partial charge is 0.193 e. The quantitative estimate of drug-likeness (QED) is 0.385. The zero-order chi connectivity index (χ0) is 16.8. The van der Waals surface area contributed by atoms with E-state index >= 15 is 0 Å². The molecule has 2 heterocycles. The second kappa shape index (κ2) is 9.84. The van der Waals surface area contributed by atoms with Crippen molar-refractivity contribution in [2.45, 2.75) is 12.0 Å². The number of thioether (sulfide) groups is 1. The summed E-state index contributed by atoms with van der Waals surface area (Å²) in [6, 6.07) is 7.67. The number of aliphatic imine (C=N–C) groups is 1. The first kappa shape index (κ1) is 20.6. The van der Waals surface area contributed by atoms with E-state index in [4.69, 9.17) is 15.2 Å². The molecule has 3 N–H and O–H groups in total. The largest absolute Gasteiger partial charge is 0.497 e. The van der Waals surface area contributed by atoms with Crippen LogP contribution in [-0.4, -0.2) is 67.9 Å². The molecule has 0 aromatic heterocycles. The highest BCUT2D eigenvalue weighted by molar-refractivity contribution is 14.0. The second-order valence-electron chi connectivity index (χ2n) is 6.18. The molecule has 2 aliphatic heterocycles. The molecule has 3 rings (SSSR count). The predicted octanol–water partition coefficient (Wildman–Crippen LogP) is 2.25. The number of benzene rings is 1. The van der Waals surface area contributed by atoms with Crippen molar-refractivity contribution in [2.75, 3.05) is 56.8 Å². The van der Waals surface area contributed by atoms with Crippen molar-refractivity contribution in [1.82, 2.24) is 4.90 Å². The molecule has 2 aliphatic rings. The monoisotopic (exact) mass is 478 g/mol. The van der Waals surface area contributed by atoms with Gasteiger partial charge in [0, 0.05) is 24.5 Å². The number of rotatable bonds is 5. The number of anilines is 1. The Morgan fingerprint density at radius 2 is 2.08 bits per heavy atom. The molecule has 6 nitrogen and oxygen atoms in total. The molecule has 0 radical (unpaired) electrons. The topological polar surface area (TPSA) is 72.1 Å². The van der Waals surface area contributed by atoms with E-state index in [9.17, 15) is 0 Å². The van der Waals surface area contributed by atoms with Crippen LogP contribution in [0.2, 0.25) is 0 Å². The molecule has 0 bridgehead atoms. The molecule has 0 aliphatic carbocycles. The molecule has 1 aromatic rings. The van der Waals surface area contributed by atoms with Gasteiger partial charge in [-0.15, -0.1) is 24.0 Å². The first-order valence-electron chi connectivity index (χ1n) is 8.33. The van der Waals surface area contributed by atoms with Crippen molar-refractivity contribution in [3.8, 4) is 5.75 Å². The van der Waals surface area contributed by atoms with Crippen LogP contribution in [0.1, 0.15) is 6.42 Å². The molecule has 140 valence electrons. The summed E-state index contributed by atoms with van der Waals surface area (Å²) in [6.07, 6.45) is 1.16. The van der Waals surface area contributed by atoms with Gasteiger partial charge in [-0.25, -0.2) is 0 Å². The summed E-state index contributed by atoms with van der Waals surface area (Å²) in [5.41, 5.74) is 7.14. The van der Waals surface area contributed by atoms with Crippen LogP contribution in [0.3, 0.4) is 0 Å². The normalized spacial score (nSPS) is 24.6. The standard InChI is InChI=1S/C17H26N4O2S.HI/c1-22-15-4-2-14(3-5-15)20-16(18)19-12-17(6-11-24-13-17)21-7-9-23-10-8-21;/h2-5H,6-13H2,1H3,(H3,18,19,20);1H. The number of guanidine groups is 1. The van der Waals surface area contributed by atoms with E-state index in [0.29, 0.717) is 5.96 Å². The van der Waals surface area contributed by atoms with Crippen LogP contribution in [0.25, 0.3) is 0 Å². The zero-order valence-corrected chi connectivity index (χ0v) is 17.7. The molecule has 0 saturated carbocycles. The van der Waals surface area contributed by atoms with Gasteiger partial charge in [-0.3, -0.25) is 9.89 Å². The van der Waals surface area contributed by atoms with Crippen molar-refractivity contribution in [1.29, 1.82) is 0 Å². The summed E-state index contributed by atoms with van der Waals surface area (Å²) < 4.78 is 10.7. The number of morpholine rings is 1. The number of methoxy groups -OCH3 is 1. The Labute approximate surface area is 170 Å². The minimum absolute atomic E-state index is 0. The minimum Gasteiger partial charge on any atom is -0.497 e. The van der Waals surface area contributed by atoms with Crippen LogP contribution in [0.15, 0.2) is 29.3 Å². The summed E-state index contributed by atoms with van der Waals surface area (Å²) in [6.45, 7) is 4.34. The van der Waals surface area contributed by atoms with E-state index < -0.39 is 0 Å². The SMILES string of the molecule is COc1ccc(NC(N)=NCC2(N3CCOCC3)CCSC2)cc1.I. The number of hydrogen-bond acceptors (Lipinski definition) is 5. The fourth-order valence-corrected chi connectivity index (χ4v) is 4.67. The lowest BCUT2D eigenvalue weighted by Gasteiger charge is -2.42. The molecule has 0 spiro atoms. The third-order valence-corrected chi connectivity index (χ3v) is 5.90. The average Bonchev–Trinajstić information content (AvgIpc) is 3.12. The number of nitrogens with two attached hydrogens (primary N) is 1. The Kier molecular flexibility index (Phi) is 8.11. The van der Waals surface area contributed by atoms with Gasteiger partial charge in [-0.1, -0.05) is 0 Å². The van der Waals surface area contributed by atoms with E-state index in [-0.39, 0.29) is 29.5 Å². The molecular formula is C17H27IN4O2S. The molecule has 2 fully saturated rings. The molecule has 0 amide bonds. The van der Waals surface area contributed by atoms with Crippen LogP contribution < -0.4 is 15.8 Å². The Morgan fingerprint density at radius 3 is 2.68 bits per heavy atom. The lowest BCUT2D eigenvalue weighted by Crippen LogP contribution is -2.56. The molecule has 1 atom stereocenters. The second-order valence-corrected chi connectivity index (χ2v) is 7.29. The maximum atomic E-state index is 6.10. The summed E-state index contributed by atoms with van der Waals surface area (Å²) >= 11 is 2.01. The predicted molar refractivity (Wildman–Crippen MR) is 116 cm³/mol. The molecule has 1 unspecified atom stereocenters. The molecular weight excluding hydrogens is 451 g/mol. The van der Waals surface area contributed by atoms with Gasteiger partial charge in [0.15, 0.2) is 5.96 Å². The van der Waals surface area contributed by atoms with Crippen molar-refractivity contribution in [3.05, 3.63) is 24.3 Å². The molecule has 2 saturated heterocycles. The van der Waals surface area contributed by atoms with Gasteiger partial charge in [0.05, 0.1) is 32.4 Å². The third-order valence-electron chi connectivity index (χ3n) is 4.67. The van der Waals surface area contributed by atoms with Gasteiger partial charge >= 0.3 is 0 Å². The number of nitrogens with zero attached hydrogens (tertiary/aromatic N) is 2. The number of nitrogens with one attached hydrogen (secondary N) is 1. The van der Waals surface area contributed by atoms with Crippen LogP contribution in [0.4, 0.5) is 5.69 Å². The first-order chi connectivity index (χ1) is 11.7. The maximum Gasteiger partial charge on any atom is 0.193 e. The Hall–Kier alpha value is -0.710. The Morgan fingerprint density at radius 1 is 1.36 bits per heavy atom. The van der Waals surface area contributed by atoms with Gasteiger partial charge in [0.2, 0.25) is 0 Å². The van der Waals surface area contributed by atoms with Gasteiger partial charge in [-0.05, 0) is 36.4 Å².